The van der Waals surface area contributed by atoms with Gasteiger partial charge in [-0.1, -0.05) is 44.0 Å². The van der Waals surface area contributed by atoms with Gasteiger partial charge in [-0.05, 0) is 92.1 Å². The number of aliphatic hydroxyl groups excluding tert-OH is 2. The van der Waals surface area contributed by atoms with Crippen molar-refractivity contribution in [3.8, 4) is 0 Å². The molecule has 290 valence electrons. The first-order chi connectivity index (χ1) is 23.6. The molecule has 5 N–H and O–H groups in total. The van der Waals surface area contributed by atoms with Gasteiger partial charge in [0, 0.05) is 23.5 Å². The molecule has 2 bridgehead atoms. The predicted octanol–water partition coefficient (Wildman–Crippen LogP) is 4.25. The fourth-order valence-electron chi connectivity index (χ4n) is 8.15. The van der Waals surface area contributed by atoms with Gasteiger partial charge in [0.15, 0.2) is 12.1 Å². The molecule has 3 saturated heterocycles. The third-order valence-corrected chi connectivity index (χ3v) is 11.7. The molecule has 3 aliphatic heterocycles. The highest BCUT2D eigenvalue weighted by atomic mass is 35.5. The molecule has 3 heterocycles. The number of aliphatic hydroxyl groups is 4. The molecule has 13 nitrogen and oxygen atoms in total. The largest absolute Gasteiger partial charge is 0.459 e. The summed E-state index contributed by atoms with van der Waals surface area (Å²) in [4.78, 5) is 31.1. The van der Waals surface area contributed by atoms with Crippen LogP contribution in [-0.2, 0) is 23.7 Å². The van der Waals surface area contributed by atoms with E-state index in [9.17, 15) is 30.0 Å². The zero-order valence-electron chi connectivity index (χ0n) is 31.3. The maximum atomic E-state index is 14.0. The number of nitrogens with one attached hydrogen (secondary N) is 1. The van der Waals surface area contributed by atoms with Crippen LogP contribution in [0.5, 0.6) is 0 Å². The number of benzene rings is 1. The number of rotatable bonds is 5. The lowest BCUT2D eigenvalue weighted by atomic mass is 9.80. The van der Waals surface area contributed by atoms with E-state index in [1.165, 1.54) is 24.8 Å². The van der Waals surface area contributed by atoms with Gasteiger partial charge in [-0.2, -0.15) is 0 Å². The first-order valence-electron chi connectivity index (χ1n) is 17.8. The molecule has 51 heavy (non-hydrogen) atoms. The van der Waals surface area contributed by atoms with Crippen LogP contribution >= 0.6 is 23.2 Å². The van der Waals surface area contributed by atoms with Gasteiger partial charge in [-0.25, -0.2) is 4.79 Å². The van der Waals surface area contributed by atoms with Crippen LogP contribution in [0.1, 0.15) is 74.7 Å². The molecule has 0 spiro atoms. The molecule has 15 heteroatoms. The highest BCUT2D eigenvalue weighted by Gasteiger charge is 2.64. The molecule has 4 rings (SSSR count). The molecule has 0 saturated carbocycles. The van der Waals surface area contributed by atoms with Gasteiger partial charge >= 0.3 is 12.0 Å². The number of ether oxygens (including phenoxy) is 4. The number of cyclic esters (lactones) is 1. The molecular weight excluding hydrogens is 705 g/mol. The average Bonchev–Trinajstić information content (AvgIpc) is 3.23. The van der Waals surface area contributed by atoms with Gasteiger partial charge in [0.1, 0.15) is 29.8 Å². The molecule has 3 fully saturated rings. The first kappa shape index (κ1) is 42.0. The van der Waals surface area contributed by atoms with E-state index in [0.717, 1.165) is 0 Å². The van der Waals surface area contributed by atoms with Gasteiger partial charge in [-0.15, -0.1) is 0 Å². The Morgan fingerprint density at radius 1 is 1.12 bits per heavy atom. The zero-order valence-corrected chi connectivity index (χ0v) is 32.8. The van der Waals surface area contributed by atoms with Crippen molar-refractivity contribution in [1.29, 1.82) is 0 Å². The molecular formula is C36H57Cl2N3O10. The number of carbonyl (C=O) groups excluding carboxylic acids is 2. The molecule has 14 atom stereocenters. The molecule has 1 aromatic carbocycles. The minimum absolute atomic E-state index is 0.0538. The number of halogens is 2. The lowest BCUT2D eigenvalue weighted by Gasteiger charge is -2.45. The first-order valence-corrected chi connectivity index (χ1v) is 18.5. The second kappa shape index (κ2) is 15.9. The second-order valence-corrected chi connectivity index (χ2v) is 16.4. The second-order valence-electron chi connectivity index (χ2n) is 15.6. The zero-order chi connectivity index (χ0) is 38.4. The summed E-state index contributed by atoms with van der Waals surface area (Å²) in [7, 11) is 3.74. The maximum absolute atomic E-state index is 14.0. The SMILES string of the molecule is CC[C@H]1OC(=O)[C@H](C)C2(O)O[C@@](C)(C[C@@H](C)CN(C(=O)Nc3ccc(Cl)cc3Cl)[C@H](C)[C@@H](O)[C@]1(C)O)[C@H](O[C@@H]1O[C@H](C)C[C@H](N(C)C)[C@H]1O)[C@H]2C. The third kappa shape index (κ3) is 8.48. The van der Waals surface area contributed by atoms with Crippen LogP contribution in [0.15, 0.2) is 18.2 Å². The van der Waals surface area contributed by atoms with E-state index in [0.29, 0.717) is 11.4 Å². The van der Waals surface area contributed by atoms with Gasteiger partial charge in [0.25, 0.3) is 0 Å². The Kier molecular flexibility index (Phi) is 13.1. The summed E-state index contributed by atoms with van der Waals surface area (Å²) in [6, 6.07) is 2.75. The Hall–Kier alpha value is -1.78. The summed E-state index contributed by atoms with van der Waals surface area (Å²) in [5.41, 5.74) is -3.01. The predicted molar refractivity (Wildman–Crippen MR) is 192 cm³/mol. The van der Waals surface area contributed by atoms with Crippen molar-refractivity contribution >= 4 is 40.9 Å². The highest BCUT2D eigenvalue weighted by Crippen LogP contribution is 2.50. The summed E-state index contributed by atoms with van der Waals surface area (Å²) >= 11 is 12.5. The number of carbonyl (C=O) groups is 2. The van der Waals surface area contributed by atoms with Crippen molar-refractivity contribution < 1.29 is 49.0 Å². The Bertz CT molecular complexity index is 1400. The van der Waals surface area contributed by atoms with Gasteiger partial charge in [0.2, 0.25) is 0 Å². The third-order valence-electron chi connectivity index (χ3n) is 11.2. The van der Waals surface area contributed by atoms with Crippen molar-refractivity contribution in [2.75, 3.05) is 26.0 Å². The maximum Gasteiger partial charge on any atom is 0.322 e. The smallest absolute Gasteiger partial charge is 0.322 e. The number of amides is 2. The quantitative estimate of drug-likeness (QED) is 0.272. The Morgan fingerprint density at radius 3 is 2.35 bits per heavy atom. The van der Waals surface area contributed by atoms with Crippen molar-refractivity contribution in [1.82, 2.24) is 9.80 Å². The number of nitrogens with zero attached hydrogens (tertiary/aromatic N) is 2. The molecule has 0 radical (unpaired) electrons. The van der Waals surface area contributed by atoms with E-state index in [-0.39, 0.29) is 48.2 Å². The van der Waals surface area contributed by atoms with Crippen LogP contribution < -0.4 is 5.32 Å². The van der Waals surface area contributed by atoms with Crippen molar-refractivity contribution in [3.63, 3.8) is 0 Å². The van der Waals surface area contributed by atoms with Gasteiger partial charge in [-0.3, -0.25) is 4.79 Å². The Balaban J connectivity index is 1.77. The molecule has 1 aromatic rings. The van der Waals surface area contributed by atoms with Crippen LogP contribution in [0, 0.1) is 17.8 Å². The number of hydrogen-bond acceptors (Lipinski definition) is 11. The Labute approximate surface area is 311 Å². The summed E-state index contributed by atoms with van der Waals surface area (Å²) in [6.45, 7) is 13.4. The Morgan fingerprint density at radius 2 is 1.76 bits per heavy atom. The number of anilines is 1. The number of esters is 1. The molecule has 3 aliphatic rings. The van der Waals surface area contributed by atoms with Crippen LogP contribution in [-0.4, -0.2) is 129 Å². The van der Waals surface area contributed by atoms with Gasteiger partial charge in [0.05, 0.1) is 34.6 Å². The number of urea groups is 1. The highest BCUT2D eigenvalue weighted by molar-refractivity contribution is 6.36. The fourth-order valence-corrected chi connectivity index (χ4v) is 8.61. The standard InChI is InChI=1S/C36H57Cl2N3O10/c1-11-27-35(8,46)29(43)22(6)41(33(45)39-25-13-12-23(37)15-24(25)38)17-18(2)16-34(7)30(20(4)36(47,51-34)21(5)31(44)49-27)50-32-28(42)26(40(9)10)14-19(3)48-32/h12-13,15,18-22,26-30,32,42-43,46-47H,11,14,16-17H2,1-10H3,(H,39,45)/t18-,19-,20-,21+,22-,26+,27-,28-,29-,30-,32+,34+,35-,36?/m1/s1. The minimum atomic E-state index is -2.11. The summed E-state index contributed by atoms with van der Waals surface area (Å²) in [6.07, 6.45) is -5.15. The van der Waals surface area contributed by atoms with Crippen molar-refractivity contribution in [2.24, 2.45) is 17.8 Å². The number of hydrogen-bond donors (Lipinski definition) is 5. The van der Waals surface area contributed by atoms with Crippen LogP contribution in [0.3, 0.4) is 0 Å². The molecule has 0 aromatic heterocycles. The van der Waals surface area contributed by atoms with E-state index < -0.39 is 77.6 Å². The molecule has 1 unspecified atom stereocenters. The summed E-state index contributed by atoms with van der Waals surface area (Å²) < 4.78 is 25.1. The van der Waals surface area contributed by atoms with Crippen LogP contribution in [0.4, 0.5) is 10.5 Å². The van der Waals surface area contributed by atoms with E-state index in [1.54, 1.807) is 39.8 Å². The van der Waals surface area contributed by atoms with E-state index in [2.05, 4.69) is 5.32 Å². The van der Waals surface area contributed by atoms with E-state index in [4.69, 9.17) is 42.1 Å². The summed E-state index contributed by atoms with van der Waals surface area (Å²) in [5, 5.41) is 50.4. The minimum Gasteiger partial charge on any atom is -0.459 e. The molecule has 0 aliphatic carbocycles. The normalized spacial score (nSPS) is 42.7. The lowest BCUT2D eigenvalue weighted by molar-refractivity contribution is -0.286. The number of likely N-dealkylation sites (N-methyl/N-ethyl adjacent to an activating group) is 1. The number of fused-ring (bicyclic) bond motifs is 2. The fraction of sp³-hybridized carbons (Fsp3) is 0.778. The monoisotopic (exact) mass is 761 g/mol. The van der Waals surface area contributed by atoms with Crippen molar-refractivity contribution in [2.45, 2.75) is 141 Å². The van der Waals surface area contributed by atoms with Crippen LogP contribution in [0.2, 0.25) is 10.0 Å². The van der Waals surface area contributed by atoms with E-state index in [1.807, 2.05) is 32.8 Å². The van der Waals surface area contributed by atoms with Crippen molar-refractivity contribution in [3.05, 3.63) is 28.2 Å². The average molecular weight is 763 g/mol. The van der Waals surface area contributed by atoms with E-state index >= 15 is 0 Å². The summed E-state index contributed by atoms with van der Waals surface area (Å²) in [5.74, 6) is -5.43. The molecule has 2 amide bonds. The van der Waals surface area contributed by atoms with Gasteiger partial charge < -0.3 is 54.5 Å². The van der Waals surface area contributed by atoms with Crippen LogP contribution in [0.25, 0.3) is 0 Å². The topological polar surface area (TPSA) is 170 Å². The lowest BCUT2D eigenvalue weighted by Crippen LogP contribution is -2.61.